The first kappa shape index (κ1) is 19.2. The Hall–Kier alpha value is -2.16. The molecule has 1 N–H and O–H groups in total. The Kier molecular flexibility index (Phi) is 5.36. The Bertz CT molecular complexity index is 875. The molecule has 0 bridgehead atoms. The Morgan fingerprint density at radius 1 is 1.36 bits per heavy atom. The van der Waals surface area contributed by atoms with Crippen molar-refractivity contribution in [3.63, 3.8) is 0 Å². The van der Waals surface area contributed by atoms with E-state index in [2.05, 4.69) is 4.98 Å². The zero-order valence-electron chi connectivity index (χ0n) is 12.3. The number of nitro groups is 1. The molecule has 12 heteroatoms. The number of hydrogen-bond donors (Lipinski definition) is 1. The van der Waals surface area contributed by atoms with Crippen molar-refractivity contribution in [2.24, 2.45) is 0 Å². The molecule has 1 unspecified atom stereocenters. The van der Waals surface area contributed by atoms with Crippen LogP contribution < -0.4 is 10.0 Å². The second-order valence-electron chi connectivity index (χ2n) is 4.81. The summed E-state index contributed by atoms with van der Waals surface area (Å²) in [6.07, 6.45) is -4.12. The molecule has 25 heavy (non-hydrogen) atoms. The molecule has 1 heterocycles. The van der Waals surface area contributed by atoms with Gasteiger partial charge in [-0.05, 0) is 18.6 Å². The van der Waals surface area contributed by atoms with Gasteiger partial charge < -0.3 is 9.63 Å². The van der Waals surface area contributed by atoms with E-state index in [0.717, 1.165) is 12.1 Å². The third-order valence-corrected chi connectivity index (χ3v) is 4.19. The predicted octanol–water partition coefficient (Wildman–Crippen LogP) is 3.86. The maximum atomic E-state index is 12.6. The van der Waals surface area contributed by atoms with Gasteiger partial charge in [0.05, 0.1) is 10.5 Å². The van der Waals surface area contributed by atoms with Crippen molar-refractivity contribution in [1.29, 1.82) is 0 Å². The summed E-state index contributed by atoms with van der Waals surface area (Å²) in [5, 5.41) is 10.0. The van der Waals surface area contributed by atoms with Crippen LogP contribution in [0.25, 0.3) is 0 Å². The number of alkyl halides is 3. The Labute approximate surface area is 144 Å². The molecular weight excluding hydrogens is 388 g/mol. The third-order valence-electron chi connectivity index (χ3n) is 3.06. The number of benzene rings is 1. The summed E-state index contributed by atoms with van der Waals surface area (Å²) >= 11 is 5.72. The summed E-state index contributed by atoms with van der Waals surface area (Å²) in [5.41, 5.74) is -1.44. The molecule has 2 rings (SSSR count). The van der Waals surface area contributed by atoms with Crippen LogP contribution in [0.3, 0.4) is 0 Å². The van der Waals surface area contributed by atoms with Crippen LogP contribution in [0.15, 0.2) is 24.4 Å². The first-order chi connectivity index (χ1) is 11.5. The number of aryl methyl sites for hydroxylation is 1. The lowest BCUT2D eigenvalue weighted by Gasteiger charge is -2.12. The highest BCUT2D eigenvalue weighted by atomic mass is 35.5. The first-order valence-electron chi connectivity index (χ1n) is 6.43. The molecule has 0 amide bonds. The summed E-state index contributed by atoms with van der Waals surface area (Å²) < 4.78 is 54.4. The molecule has 0 saturated heterocycles. The molecule has 0 spiro atoms. The van der Waals surface area contributed by atoms with Crippen LogP contribution >= 0.6 is 19.6 Å². The van der Waals surface area contributed by atoms with Crippen LogP contribution in [0, 0.1) is 17.0 Å². The fraction of sp³-hybridized carbons (Fsp3) is 0.154. The van der Waals surface area contributed by atoms with Crippen molar-refractivity contribution in [2.75, 3.05) is 0 Å². The summed E-state index contributed by atoms with van der Waals surface area (Å²) in [5.74, 6) is -0.475. The van der Waals surface area contributed by atoms with E-state index in [1.54, 1.807) is 0 Å². The predicted molar refractivity (Wildman–Crippen MR) is 83.0 cm³/mol. The third kappa shape index (κ3) is 4.28. The van der Waals surface area contributed by atoms with E-state index >= 15 is 0 Å². The molecule has 1 aromatic heterocycles. The van der Waals surface area contributed by atoms with E-state index in [9.17, 15) is 32.7 Å². The smallest absolute Gasteiger partial charge is 0.417 e. The Balaban J connectivity index is 2.46. The molecule has 1 atom stereocenters. The van der Waals surface area contributed by atoms with E-state index in [0.29, 0.717) is 12.3 Å². The number of nitrogens with zero attached hydrogens (tertiary/aromatic N) is 2. The van der Waals surface area contributed by atoms with Gasteiger partial charge in [0.1, 0.15) is 16.1 Å². The van der Waals surface area contributed by atoms with Gasteiger partial charge in [-0.15, -0.1) is 0 Å². The average molecular weight is 397 g/mol. The first-order valence-corrected chi connectivity index (χ1v) is 8.17. The largest absolute Gasteiger partial charge is 0.437 e. The summed E-state index contributed by atoms with van der Waals surface area (Å²) in [4.78, 5) is 22.8. The molecule has 0 radical (unpaired) electrons. The highest BCUT2D eigenvalue weighted by Crippen LogP contribution is 2.36. The molecule has 7 nitrogen and oxygen atoms in total. The van der Waals surface area contributed by atoms with Crippen LogP contribution in [-0.2, 0) is 10.7 Å². The number of rotatable bonds is 4. The van der Waals surface area contributed by atoms with Crippen LogP contribution in [0.4, 0.5) is 18.9 Å². The Morgan fingerprint density at radius 3 is 2.48 bits per heavy atom. The minimum absolute atomic E-state index is 0.0952. The van der Waals surface area contributed by atoms with Gasteiger partial charge in [0.15, 0.2) is 0 Å². The summed E-state index contributed by atoms with van der Waals surface area (Å²) in [6.45, 7) is 1.42. The second kappa shape index (κ2) is 6.99. The van der Waals surface area contributed by atoms with Gasteiger partial charge in [-0.2, -0.15) is 13.2 Å². The number of ether oxygens (including phenoxy) is 1. The van der Waals surface area contributed by atoms with Crippen LogP contribution in [0.5, 0.6) is 11.6 Å². The topological polar surface area (TPSA) is 103 Å². The van der Waals surface area contributed by atoms with Crippen molar-refractivity contribution in [3.05, 3.63) is 50.7 Å². The number of aromatic nitrogens is 1. The highest BCUT2D eigenvalue weighted by molar-refractivity contribution is 7.47. The maximum absolute atomic E-state index is 12.6. The molecule has 0 aliphatic heterocycles. The molecule has 0 saturated carbocycles. The van der Waals surface area contributed by atoms with Gasteiger partial charge in [0.2, 0.25) is 13.9 Å². The number of nitro benzene ring substituents is 1. The van der Waals surface area contributed by atoms with E-state index in [-0.39, 0.29) is 17.2 Å². The standard InChI is InChI=1S/C13H9ClF3N2O5P/c1-6-2-9(19(20)21)11(25(22)23)4-10(6)24-12-8(14)3-7(5-18-12)13(15,16)17/h2-5,25H,1H3,(H,22,23). The van der Waals surface area contributed by atoms with E-state index in [1.165, 1.54) is 6.92 Å². The van der Waals surface area contributed by atoms with Gasteiger partial charge in [0, 0.05) is 18.3 Å². The molecule has 134 valence electrons. The van der Waals surface area contributed by atoms with Gasteiger partial charge in [-0.3, -0.25) is 14.7 Å². The number of halogens is 4. The Morgan fingerprint density at radius 2 is 2.00 bits per heavy atom. The van der Waals surface area contributed by atoms with E-state index in [1.807, 2.05) is 0 Å². The number of pyridine rings is 1. The minimum atomic E-state index is -4.64. The lowest BCUT2D eigenvalue weighted by atomic mass is 10.2. The molecule has 2 aromatic rings. The normalized spacial score (nSPS) is 12.7. The zero-order valence-corrected chi connectivity index (χ0v) is 14.1. The fourth-order valence-electron chi connectivity index (χ4n) is 1.86. The quantitative estimate of drug-likeness (QED) is 0.478. The molecule has 0 aliphatic carbocycles. The van der Waals surface area contributed by atoms with Crippen molar-refractivity contribution in [1.82, 2.24) is 4.98 Å². The van der Waals surface area contributed by atoms with E-state index < -0.39 is 40.7 Å². The monoisotopic (exact) mass is 396 g/mol. The highest BCUT2D eigenvalue weighted by Gasteiger charge is 2.32. The average Bonchev–Trinajstić information content (AvgIpc) is 2.49. The van der Waals surface area contributed by atoms with Crippen LogP contribution in [-0.4, -0.2) is 14.8 Å². The van der Waals surface area contributed by atoms with Crippen LogP contribution in [0.2, 0.25) is 5.02 Å². The fourth-order valence-corrected chi connectivity index (χ4v) is 2.71. The van der Waals surface area contributed by atoms with Crippen molar-refractivity contribution >= 4 is 30.6 Å². The van der Waals surface area contributed by atoms with E-state index in [4.69, 9.17) is 16.3 Å². The minimum Gasteiger partial charge on any atom is -0.437 e. The van der Waals surface area contributed by atoms with Gasteiger partial charge in [-0.25, -0.2) is 4.98 Å². The lowest BCUT2D eigenvalue weighted by molar-refractivity contribution is -0.383. The SMILES string of the molecule is Cc1cc([N+](=O)[O-])c([PH](=O)O)cc1Oc1ncc(C(F)(F)F)cc1Cl. The second-order valence-corrected chi connectivity index (χ2v) is 6.36. The summed E-state index contributed by atoms with van der Waals surface area (Å²) in [7, 11) is -3.43. The zero-order chi connectivity index (χ0) is 18.9. The van der Waals surface area contributed by atoms with Gasteiger partial charge >= 0.3 is 6.18 Å². The molecule has 0 aliphatic rings. The molecular formula is C13H9ClF3N2O5P. The maximum Gasteiger partial charge on any atom is 0.417 e. The van der Waals surface area contributed by atoms with Crippen molar-refractivity contribution < 1.29 is 32.3 Å². The summed E-state index contributed by atoms with van der Waals surface area (Å²) in [6, 6.07) is 2.59. The van der Waals surface area contributed by atoms with Crippen molar-refractivity contribution in [3.8, 4) is 11.6 Å². The lowest BCUT2D eigenvalue weighted by Crippen LogP contribution is -2.08. The van der Waals surface area contributed by atoms with Gasteiger partial charge in [-0.1, -0.05) is 11.6 Å². The van der Waals surface area contributed by atoms with Gasteiger partial charge in [0.25, 0.3) is 5.69 Å². The number of hydrogen-bond acceptors (Lipinski definition) is 5. The molecule has 1 aromatic carbocycles. The molecule has 0 fully saturated rings. The van der Waals surface area contributed by atoms with Crippen LogP contribution in [0.1, 0.15) is 11.1 Å². The van der Waals surface area contributed by atoms with Crippen molar-refractivity contribution in [2.45, 2.75) is 13.1 Å².